The highest BCUT2D eigenvalue weighted by atomic mass is 32.2. The fourth-order valence-corrected chi connectivity index (χ4v) is 4.77. The molecule has 4 rings (SSSR count). The lowest BCUT2D eigenvalue weighted by atomic mass is 9.91. The largest absolute Gasteiger partial charge is 0.396 e. The number of nitrogens with zero attached hydrogens (tertiary/aromatic N) is 1. The first-order chi connectivity index (χ1) is 15.4. The number of thioether (sulfide) groups is 1. The fourth-order valence-electron chi connectivity index (χ4n) is 4.07. The molecule has 1 saturated carbocycles. The zero-order valence-corrected chi connectivity index (χ0v) is 19.9. The average molecular weight is 459 g/mol. The van der Waals surface area contributed by atoms with Gasteiger partial charge in [-0.1, -0.05) is 39.0 Å². The lowest BCUT2D eigenvalue weighted by molar-refractivity contribution is 0.0276. The molecule has 1 fully saturated rings. The summed E-state index contributed by atoms with van der Waals surface area (Å²) in [7, 11) is 0. The quantitative estimate of drug-likeness (QED) is 0.336. The van der Waals surface area contributed by atoms with Gasteiger partial charge >= 0.3 is 0 Å². The number of anilines is 2. The van der Waals surface area contributed by atoms with E-state index in [1.165, 1.54) is 43.9 Å². The second-order valence-electron chi connectivity index (χ2n) is 8.70. The van der Waals surface area contributed by atoms with Crippen molar-refractivity contribution < 1.29 is 10.2 Å². The van der Waals surface area contributed by atoms with Gasteiger partial charge in [-0.05, 0) is 48.9 Å². The average Bonchev–Trinajstić information content (AvgIpc) is 3.19. The first kappa shape index (κ1) is 24.4. The summed E-state index contributed by atoms with van der Waals surface area (Å²) in [6, 6.07) is 7.32. The van der Waals surface area contributed by atoms with Crippen molar-refractivity contribution in [2.75, 3.05) is 18.2 Å². The molecule has 174 valence electrons. The highest BCUT2D eigenvalue weighted by molar-refractivity contribution is 7.98. The predicted molar refractivity (Wildman–Crippen MR) is 132 cm³/mol. The number of aromatic amines is 2. The van der Waals surface area contributed by atoms with E-state index in [0.29, 0.717) is 28.0 Å². The Bertz CT molecular complexity index is 1070. The molecule has 1 atom stereocenters. The van der Waals surface area contributed by atoms with Crippen LogP contribution in [0.1, 0.15) is 57.9 Å². The lowest BCUT2D eigenvalue weighted by Gasteiger charge is -2.26. The number of aromatic nitrogens is 3. The second-order valence-corrected chi connectivity index (χ2v) is 9.55. The predicted octanol–water partition coefficient (Wildman–Crippen LogP) is 4.89. The molecule has 1 aliphatic carbocycles. The molecule has 2 heterocycles. The molecule has 0 aliphatic heterocycles. The summed E-state index contributed by atoms with van der Waals surface area (Å²) in [6.45, 7) is 3.92. The van der Waals surface area contributed by atoms with Gasteiger partial charge in [0, 0.05) is 29.8 Å². The van der Waals surface area contributed by atoms with Gasteiger partial charge in [0.25, 0.3) is 5.56 Å². The molecule has 0 spiro atoms. The van der Waals surface area contributed by atoms with Crippen LogP contribution in [0.25, 0.3) is 10.9 Å². The maximum atomic E-state index is 12.0. The van der Waals surface area contributed by atoms with Crippen molar-refractivity contribution in [1.29, 1.82) is 0 Å². The number of pyridine rings is 1. The number of rotatable bonds is 6. The first-order valence-electron chi connectivity index (χ1n) is 11.2. The van der Waals surface area contributed by atoms with Gasteiger partial charge in [-0.3, -0.25) is 9.89 Å². The summed E-state index contributed by atoms with van der Waals surface area (Å²) in [6.07, 6.45) is 11.2. The van der Waals surface area contributed by atoms with E-state index in [1.807, 2.05) is 24.5 Å². The maximum Gasteiger partial charge on any atom is 0.261 e. The summed E-state index contributed by atoms with van der Waals surface area (Å²) in [5.74, 6) is 1.45. The van der Waals surface area contributed by atoms with Crippen LogP contribution < -0.4 is 10.9 Å². The molecule has 7 nitrogen and oxygen atoms in total. The Morgan fingerprint density at radius 1 is 1.25 bits per heavy atom. The van der Waals surface area contributed by atoms with Crippen LogP contribution in [-0.2, 0) is 5.60 Å². The normalized spacial score (nSPS) is 16.3. The van der Waals surface area contributed by atoms with Crippen molar-refractivity contribution in [3.8, 4) is 0 Å². The molecule has 0 amide bonds. The lowest BCUT2D eigenvalue weighted by Crippen LogP contribution is -2.23. The minimum Gasteiger partial charge on any atom is -0.396 e. The van der Waals surface area contributed by atoms with Gasteiger partial charge in [0.15, 0.2) is 5.82 Å². The number of hydrogen-bond donors (Lipinski definition) is 5. The van der Waals surface area contributed by atoms with Gasteiger partial charge in [0.2, 0.25) is 0 Å². The second kappa shape index (κ2) is 11.0. The van der Waals surface area contributed by atoms with Crippen molar-refractivity contribution in [2.45, 2.75) is 62.9 Å². The molecule has 1 aliphatic rings. The molecule has 0 bridgehead atoms. The third-order valence-corrected chi connectivity index (χ3v) is 6.82. The number of aliphatic hydroxyl groups excluding tert-OH is 1. The Balaban J connectivity index is 0.000000352. The minimum atomic E-state index is -1.16. The third kappa shape index (κ3) is 5.94. The Morgan fingerprint density at radius 2 is 2.00 bits per heavy atom. The smallest absolute Gasteiger partial charge is 0.261 e. The van der Waals surface area contributed by atoms with E-state index in [1.54, 1.807) is 19.2 Å². The van der Waals surface area contributed by atoms with E-state index < -0.39 is 5.60 Å². The Labute approximate surface area is 193 Å². The van der Waals surface area contributed by atoms with Crippen LogP contribution >= 0.6 is 11.8 Å². The molecule has 5 N–H and O–H groups in total. The summed E-state index contributed by atoms with van der Waals surface area (Å²) in [5, 5.41) is 30.5. The van der Waals surface area contributed by atoms with E-state index in [0.717, 1.165) is 10.8 Å². The molecule has 32 heavy (non-hydrogen) atoms. The maximum absolute atomic E-state index is 12.0. The van der Waals surface area contributed by atoms with Gasteiger partial charge in [0.1, 0.15) is 5.39 Å². The first-order valence-corrected chi connectivity index (χ1v) is 12.4. The Morgan fingerprint density at radius 3 is 2.62 bits per heavy atom. The van der Waals surface area contributed by atoms with Crippen LogP contribution in [0, 0.1) is 5.92 Å². The van der Waals surface area contributed by atoms with Crippen LogP contribution in [0.15, 0.2) is 40.2 Å². The van der Waals surface area contributed by atoms with Crippen molar-refractivity contribution in [2.24, 2.45) is 5.92 Å². The zero-order chi connectivity index (χ0) is 23.1. The summed E-state index contributed by atoms with van der Waals surface area (Å²) in [5.41, 5.74) is 0.660. The molecule has 8 heteroatoms. The van der Waals surface area contributed by atoms with Crippen LogP contribution in [0.4, 0.5) is 11.5 Å². The van der Waals surface area contributed by atoms with Crippen molar-refractivity contribution in [1.82, 2.24) is 15.2 Å². The van der Waals surface area contributed by atoms with Gasteiger partial charge in [-0.15, -0.1) is 11.8 Å². The Kier molecular flexibility index (Phi) is 8.39. The van der Waals surface area contributed by atoms with Crippen molar-refractivity contribution in [3.05, 3.63) is 46.4 Å². The van der Waals surface area contributed by atoms with Crippen LogP contribution in [-0.4, -0.2) is 38.3 Å². The van der Waals surface area contributed by atoms with E-state index in [-0.39, 0.29) is 18.6 Å². The topological polar surface area (TPSA) is 114 Å². The molecule has 1 unspecified atom stereocenters. The van der Waals surface area contributed by atoms with Crippen molar-refractivity contribution >= 4 is 34.2 Å². The number of hydrogen-bond acceptors (Lipinski definition) is 6. The molecular formula is C24H34N4O3S. The standard InChI is InChI=1S/C17H20N4O3S.C7H14/c1-17(24,6-8-22)11-9-10(3-4-13(11)25-2)19-15-14-12(20-21-15)5-7-18-16(14)23;1-7-5-3-2-4-6-7/h3-5,7,9,22,24H,6,8H2,1-2H3,(H,18,23)(H2,19,20,21);7H,2-6H2,1H3. The third-order valence-electron chi connectivity index (χ3n) is 6.02. The molecule has 1 aromatic carbocycles. The van der Waals surface area contributed by atoms with E-state index >= 15 is 0 Å². The molecular weight excluding hydrogens is 424 g/mol. The summed E-state index contributed by atoms with van der Waals surface area (Å²) >= 11 is 1.52. The molecule has 0 radical (unpaired) electrons. The molecule has 0 saturated heterocycles. The van der Waals surface area contributed by atoms with Crippen LogP contribution in [0.3, 0.4) is 0 Å². The summed E-state index contributed by atoms with van der Waals surface area (Å²) in [4.78, 5) is 15.6. The van der Waals surface area contributed by atoms with E-state index in [9.17, 15) is 15.0 Å². The zero-order valence-electron chi connectivity index (χ0n) is 19.1. The molecule has 3 aromatic rings. The monoisotopic (exact) mass is 458 g/mol. The highest BCUT2D eigenvalue weighted by Gasteiger charge is 2.26. The van der Waals surface area contributed by atoms with Crippen LogP contribution in [0.2, 0.25) is 0 Å². The van der Waals surface area contributed by atoms with Crippen LogP contribution in [0.5, 0.6) is 0 Å². The molecule has 2 aromatic heterocycles. The van der Waals surface area contributed by atoms with Gasteiger partial charge in [-0.25, -0.2) is 0 Å². The van der Waals surface area contributed by atoms with Gasteiger partial charge in [0.05, 0.1) is 11.1 Å². The fraction of sp³-hybridized carbons (Fsp3) is 0.500. The number of benzene rings is 1. The number of nitrogens with one attached hydrogen (secondary N) is 3. The Hall–Kier alpha value is -2.29. The van der Waals surface area contributed by atoms with Gasteiger partial charge in [-0.2, -0.15) is 5.10 Å². The summed E-state index contributed by atoms with van der Waals surface area (Å²) < 4.78 is 0. The number of fused-ring (bicyclic) bond motifs is 1. The van der Waals surface area contributed by atoms with Gasteiger partial charge < -0.3 is 20.5 Å². The van der Waals surface area contributed by atoms with E-state index in [2.05, 4.69) is 27.4 Å². The SMILES string of the molecule is CC1CCCCC1.CSc1ccc(Nc2n[nH]c3cc[nH]c(=O)c23)cc1C(C)(O)CCO. The number of H-pyrrole nitrogens is 2. The number of aliphatic hydroxyl groups is 2. The van der Waals surface area contributed by atoms with Crippen molar-refractivity contribution in [3.63, 3.8) is 0 Å². The minimum absolute atomic E-state index is 0.113. The highest BCUT2D eigenvalue weighted by Crippen LogP contribution is 2.35. The van der Waals surface area contributed by atoms with E-state index in [4.69, 9.17) is 0 Å².